The number of amides is 2. The maximum Gasteiger partial charge on any atom is 0.420 e. The predicted molar refractivity (Wildman–Crippen MR) is 87.8 cm³/mol. The van der Waals surface area contributed by atoms with Crippen molar-refractivity contribution in [3.63, 3.8) is 0 Å². The van der Waals surface area contributed by atoms with Gasteiger partial charge in [0.1, 0.15) is 16.9 Å². The third kappa shape index (κ3) is 4.61. The minimum atomic E-state index is -2.13. The lowest BCUT2D eigenvalue weighted by molar-refractivity contribution is -0.153. The number of halogens is 1. The lowest BCUT2D eigenvalue weighted by atomic mass is 10.1. The molecule has 0 aliphatic heterocycles. The van der Waals surface area contributed by atoms with Crippen molar-refractivity contribution in [2.24, 2.45) is 0 Å². The zero-order chi connectivity index (χ0) is 19.8. The van der Waals surface area contributed by atoms with Gasteiger partial charge in [-0.1, -0.05) is 0 Å². The minimum Gasteiger partial charge on any atom is -0.464 e. The highest BCUT2D eigenvalue weighted by atomic mass is 19.1. The fraction of sp³-hybridized carbons (Fsp3) is 0.824. The second kappa shape index (κ2) is 6.46. The van der Waals surface area contributed by atoms with E-state index in [0.29, 0.717) is 4.90 Å². The molecule has 0 spiro atoms. The van der Waals surface area contributed by atoms with E-state index in [1.807, 2.05) is 0 Å². The van der Waals surface area contributed by atoms with Crippen LogP contribution in [0.5, 0.6) is 0 Å². The van der Waals surface area contributed by atoms with E-state index in [2.05, 4.69) is 0 Å². The van der Waals surface area contributed by atoms with Crippen molar-refractivity contribution < 1.29 is 33.0 Å². The largest absolute Gasteiger partial charge is 0.464 e. The summed E-state index contributed by atoms with van der Waals surface area (Å²) in [5, 5.41) is 0. The second-order valence-corrected chi connectivity index (χ2v) is 8.25. The third-order valence-electron chi connectivity index (χ3n) is 3.47. The number of imide groups is 1. The molecule has 1 saturated carbocycles. The van der Waals surface area contributed by atoms with E-state index < -0.39 is 40.6 Å². The fourth-order valence-electron chi connectivity index (χ4n) is 2.38. The van der Waals surface area contributed by atoms with E-state index >= 15 is 0 Å². The lowest BCUT2D eigenvalue weighted by Crippen LogP contribution is -2.57. The minimum absolute atomic E-state index is 0.0207. The topological polar surface area (TPSA) is 82.1 Å². The first kappa shape index (κ1) is 21.2. The number of carbonyl (C=O) groups excluding carboxylic acids is 3. The summed E-state index contributed by atoms with van der Waals surface area (Å²) in [6.45, 7) is 12.2. The van der Waals surface area contributed by atoms with Crippen LogP contribution in [0.15, 0.2) is 0 Å². The summed E-state index contributed by atoms with van der Waals surface area (Å²) in [6, 6.07) is 0. The summed E-state index contributed by atoms with van der Waals surface area (Å²) in [4.78, 5) is 38.0. The summed E-state index contributed by atoms with van der Waals surface area (Å²) < 4.78 is 30.1. The molecule has 0 N–H and O–H groups in total. The van der Waals surface area contributed by atoms with Gasteiger partial charge in [0.2, 0.25) is 0 Å². The Morgan fingerprint density at radius 3 is 1.60 bits per heavy atom. The molecule has 0 unspecified atom stereocenters. The molecule has 1 aliphatic carbocycles. The van der Waals surface area contributed by atoms with Gasteiger partial charge in [-0.15, -0.1) is 0 Å². The summed E-state index contributed by atoms with van der Waals surface area (Å²) >= 11 is 0. The first-order valence-electron chi connectivity index (χ1n) is 8.20. The Morgan fingerprint density at radius 1 is 1.00 bits per heavy atom. The molecule has 2 atom stereocenters. The molecule has 1 rings (SSSR count). The Hall–Kier alpha value is -1.86. The molecule has 0 saturated heterocycles. The number of hydrogen-bond donors (Lipinski definition) is 0. The summed E-state index contributed by atoms with van der Waals surface area (Å²) in [7, 11) is 0. The van der Waals surface area contributed by atoms with Crippen LogP contribution in [0.4, 0.5) is 14.0 Å². The Kier molecular flexibility index (Phi) is 5.47. The van der Waals surface area contributed by atoms with Gasteiger partial charge < -0.3 is 14.2 Å². The van der Waals surface area contributed by atoms with Gasteiger partial charge in [-0.3, -0.25) is 0 Å². The SMILES string of the molecule is CCOC(=O)[C@]1(N(C(=O)OC(C)(C)C)C(=O)OC(C)(C)C)C[C@]1(C)F. The highest BCUT2D eigenvalue weighted by Gasteiger charge is 2.79. The Labute approximate surface area is 147 Å². The van der Waals surface area contributed by atoms with E-state index in [-0.39, 0.29) is 13.0 Å². The monoisotopic (exact) mass is 361 g/mol. The molecule has 0 heterocycles. The van der Waals surface area contributed by atoms with Gasteiger partial charge in [0.15, 0.2) is 5.54 Å². The molecule has 8 heteroatoms. The molecular formula is C17H28FNO6. The van der Waals surface area contributed by atoms with Gasteiger partial charge in [-0.25, -0.2) is 18.8 Å². The van der Waals surface area contributed by atoms with Crippen LogP contribution in [-0.4, -0.2) is 52.1 Å². The summed E-state index contributed by atoms with van der Waals surface area (Å²) in [5.41, 5.74) is -6.12. The van der Waals surface area contributed by atoms with E-state index in [1.54, 1.807) is 48.5 Å². The highest BCUT2D eigenvalue weighted by molar-refractivity contribution is 6.00. The van der Waals surface area contributed by atoms with Gasteiger partial charge in [0, 0.05) is 6.42 Å². The summed E-state index contributed by atoms with van der Waals surface area (Å²) in [6.07, 6.45) is -2.69. The number of alkyl halides is 1. The number of rotatable bonds is 3. The van der Waals surface area contributed by atoms with Crippen molar-refractivity contribution in [3.05, 3.63) is 0 Å². The van der Waals surface area contributed by atoms with Gasteiger partial charge in [-0.05, 0) is 55.4 Å². The molecule has 1 fully saturated rings. The molecule has 7 nitrogen and oxygen atoms in total. The smallest absolute Gasteiger partial charge is 0.420 e. The zero-order valence-corrected chi connectivity index (χ0v) is 16.2. The quantitative estimate of drug-likeness (QED) is 0.564. The van der Waals surface area contributed by atoms with Crippen LogP contribution in [0.25, 0.3) is 0 Å². The Bertz CT molecular complexity index is 532. The van der Waals surface area contributed by atoms with Gasteiger partial charge >= 0.3 is 18.2 Å². The number of hydrogen-bond acceptors (Lipinski definition) is 6. The van der Waals surface area contributed by atoms with Crippen molar-refractivity contribution >= 4 is 18.2 Å². The molecular weight excluding hydrogens is 333 g/mol. The van der Waals surface area contributed by atoms with Gasteiger partial charge in [0.25, 0.3) is 0 Å². The van der Waals surface area contributed by atoms with Crippen molar-refractivity contribution in [1.82, 2.24) is 4.90 Å². The van der Waals surface area contributed by atoms with Crippen LogP contribution >= 0.6 is 0 Å². The number of carbonyl (C=O) groups is 3. The molecule has 2 amide bonds. The van der Waals surface area contributed by atoms with Crippen LogP contribution in [0.2, 0.25) is 0 Å². The van der Waals surface area contributed by atoms with Crippen molar-refractivity contribution in [1.29, 1.82) is 0 Å². The maximum atomic E-state index is 14.8. The predicted octanol–water partition coefficient (Wildman–Crippen LogP) is 3.59. The molecule has 0 aromatic rings. The average Bonchev–Trinajstić information content (AvgIpc) is 2.88. The highest BCUT2D eigenvalue weighted by Crippen LogP contribution is 2.56. The van der Waals surface area contributed by atoms with Gasteiger partial charge in [0.05, 0.1) is 6.61 Å². The number of nitrogens with zero attached hydrogens (tertiary/aromatic N) is 1. The van der Waals surface area contributed by atoms with E-state index in [9.17, 15) is 18.8 Å². The van der Waals surface area contributed by atoms with Crippen molar-refractivity contribution in [2.45, 2.75) is 84.2 Å². The standard InChI is InChI=1S/C17H28FNO6/c1-9-23-11(20)17(10-16(17,8)18)19(12(21)24-14(2,3)4)13(22)25-15(5,6)7/h9-10H2,1-8H3/t16-,17+/m0/s1. The second-order valence-electron chi connectivity index (χ2n) is 8.25. The van der Waals surface area contributed by atoms with Crippen molar-refractivity contribution in [3.8, 4) is 0 Å². The lowest BCUT2D eigenvalue weighted by Gasteiger charge is -2.33. The van der Waals surface area contributed by atoms with Crippen LogP contribution < -0.4 is 0 Å². The molecule has 0 aromatic heterocycles. The van der Waals surface area contributed by atoms with Crippen LogP contribution in [-0.2, 0) is 19.0 Å². The maximum absolute atomic E-state index is 14.8. The Balaban J connectivity index is 3.32. The molecule has 144 valence electrons. The molecule has 0 aromatic carbocycles. The van der Waals surface area contributed by atoms with E-state index in [4.69, 9.17) is 14.2 Å². The molecule has 25 heavy (non-hydrogen) atoms. The molecule has 0 radical (unpaired) electrons. The average molecular weight is 361 g/mol. The Morgan fingerprint density at radius 2 is 1.36 bits per heavy atom. The first-order valence-corrected chi connectivity index (χ1v) is 8.20. The van der Waals surface area contributed by atoms with E-state index in [0.717, 1.165) is 6.92 Å². The van der Waals surface area contributed by atoms with Crippen LogP contribution in [0.1, 0.15) is 61.8 Å². The zero-order valence-electron chi connectivity index (χ0n) is 16.2. The first-order chi connectivity index (χ1) is 11.1. The number of ether oxygens (including phenoxy) is 3. The van der Waals surface area contributed by atoms with Gasteiger partial charge in [-0.2, -0.15) is 4.90 Å². The normalized spacial score (nSPS) is 25.8. The molecule has 1 aliphatic rings. The van der Waals surface area contributed by atoms with Crippen LogP contribution in [0.3, 0.4) is 0 Å². The molecule has 0 bridgehead atoms. The van der Waals surface area contributed by atoms with Crippen molar-refractivity contribution in [2.75, 3.05) is 6.61 Å². The van der Waals surface area contributed by atoms with E-state index in [1.165, 1.54) is 0 Å². The third-order valence-corrected chi connectivity index (χ3v) is 3.47. The van der Waals surface area contributed by atoms with Crippen LogP contribution in [0, 0.1) is 0 Å². The number of esters is 1. The summed E-state index contributed by atoms with van der Waals surface area (Å²) in [5.74, 6) is -1.00. The fourth-order valence-corrected chi connectivity index (χ4v) is 2.38.